The SMILES string of the molecule is CN=C(NCCCNC(=O)OC(C)(C)C)NCC1CCCO1. The average Bonchev–Trinajstić information content (AvgIpc) is 2.93. The number of carbonyl (C=O) groups is 1. The van der Waals surface area contributed by atoms with Crippen LogP contribution < -0.4 is 16.0 Å². The quantitative estimate of drug-likeness (QED) is 0.390. The molecule has 3 N–H and O–H groups in total. The van der Waals surface area contributed by atoms with Gasteiger partial charge in [-0.3, -0.25) is 4.99 Å². The lowest BCUT2D eigenvalue weighted by molar-refractivity contribution is 0.0527. The van der Waals surface area contributed by atoms with E-state index < -0.39 is 5.60 Å². The van der Waals surface area contributed by atoms with Gasteiger partial charge in [0.2, 0.25) is 0 Å². The minimum absolute atomic E-state index is 0.285. The van der Waals surface area contributed by atoms with Gasteiger partial charge < -0.3 is 25.4 Å². The molecule has 1 unspecified atom stereocenters. The van der Waals surface area contributed by atoms with E-state index in [1.165, 1.54) is 0 Å². The van der Waals surface area contributed by atoms with Crippen molar-refractivity contribution in [1.29, 1.82) is 0 Å². The van der Waals surface area contributed by atoms with Gasteiger partial charge in [0.25, 0.3) is 0 Å². The first-order chi connectivity index (χ1) is 10.4. The Balaban J connectivity index is 2.05. The lowest BCUT2D eigenvalue weighted by atomic mass is 10.2. The Morgan fingerprint density at radius 3 is 2.59 bits per heavy atom. The van der Waals surface area contributed by atoms with Crippen molar-refractivity contribution in [2.75, 3.05) is 33.3 Å². The van der Waals surface area contributed by atoms with Gasteiger partial charge in [0, 0.05) is 33.3 Å². The highest BCUT2D eigenvalue weighted by atomic mass is 16.6. The Bertz CT molecular complexity index is 360. The fourth-order valence-corrected chi connectivity index (χ4v) is 2.04. The van der Waals surface area contributed by atoms with E-state index in [9.17, 15) is 4.79 Å². The second kappa shape index (κ2) is 9.50. The van der Waals surface area contributed by atoms with Crippen LogP contribution in [0.15, 0.2) is 4.99 Å². The summed E-state index contributed by atoms with van der Waals surface area (Å²) < 4.78 is 10.7. The van der Waals surface area contributed by atoms with Crippen LogP contribution in [0.1, 0.15) is 40.0 Å². The second-order valence-corrected chi connectivity index (χ2v) is 6.30. The number of ether oxygens (including phenoxy) is 2. The molecule has 7 nitrogen and oxygen atoms in total. The molecule has 1 atom stereocenters. The molecule has 22 heavy (non-hydrogen) atoms. The van der Waals surface area contributed by atoms with Gasteiger partial charge >= 0.3 is 6.09 Å². The molecule has 0 spiro atoms. The number of hydrogen-bond acceptors (Lipinski definition) is 4. The summed E-state index contributed by atoms with van der Waals surface area (Å²) in [6.45, 7) is 8.45. The molecule has 1 saturated heterocycles. The number of nitrogens with zero attached hydrogens (tertiary/aromatic N) is 1. The predicted octanol–water partition coefficient (Wildman–Crippen LogP) is 1.25. The molecule has 1 amide bonds. The first kappa shape index (κ1) is 18.5. The monoisotopic (exact) mass is 314 g/mol. The molecule has 0 bridgehead atoms. The Kier molecular flexibility index (Phi) is 8.01. The average molecular weight is 314 g/mol. The normalized spacial score (nSPS) is 18.9. The molecular weight excluding hydrogens is 284 g/mol. The van der Waals surface area contributed by atoms with Crippen molar-refractivity contribution in [1.82, 2.24) is 16.0 Å². The van der Waals surface area contributed by atoms with Crippen molar-refractivity contribution < 1.29 is 14.3 Å². The molecule has 0 aromatic carbocycles. The predicted molar refractivity (Wildman–Crippen MR) is 87.2 cm³/mol. The molecule has 0 saturated carbocycles. The van der Waals surface area contributed by atoms with Crippen LogP contribution in [0.3, 0.4) is 0 Å². The third kappa shape index (κ3) is 8.71. The van der Waals surface area contributed by atoms with Crippen molar-refractivity contribution in [3.8, 4) is 0 Å². The number of alkyl carbamates (subject to hydrolysis) is 1. The van der Waals surface area contributed by atoms with Gasteiger partial charge in [-0.25, -0.2) is 4.79 Å². The first-order valence-corrected chi connectivity index (χ1v) is 7.93. The van der Waals surface area contributed by atoms with Crippen LogP contribution >= 0.6 is 0 Å². The highest BCUT2D eigenvalue weighted by molar-refractivity contribution is 5.79. The van der Waals surface area contributed by atoms with E-state index in [1.807, 2.05) is 20.8 Å². The van der Waals surface area contributed by atoms with E-state index >= 15 is 0 Å². The van der Waals surface area contributed by atoms with Crippen molar-refractivity contribution in [2.24, 2.45) is 4.99 Å². The number of amides is 1. The highest BCUT2D eigenvalue weighted by Crippen LogP contribution is 2.10. The van der Waals surface area contributed by atoms with Gasteiger partial charge in [-0.05, 0) is 40.0 Å². The maximum absolute atomic E-state index is 11.5. The topological polar surface area (TPSA) is 84.0 Å². The molecule has 0 aromatic heterocycles. The van der Waals surface area contributed by atoms with Crippen molar-refractivity contribution in [3.63, 3.8) is 0 Å². The summed E-state index contributed by atoms with van der Waals surface area (Å²) in [6.07, 6.45) is 2.93. The van der Waals surface area contributed by atoms with Gasteiger partial charge in [0.1, 0.15) is 5.60 Å². The molecule has 7 heteroatoms. The van der Waals surface area contributed by atoms with E-state index in [1.54, 1.807) is 7.05 Å². The van der Waals surface area contributed by atoms with Gasteiger partial charge in [-0.1, -0.05) is 0 Å². The summed E-state index contributed by atoms with van der Waals surface area (Å²) >= 11 is 0. The van der Waals surface area contributed by atoms with E-state index in [-0.39, 0.29) is 12.2 Å². The number of rotatable bonds is 6. The zero-order valence-electron chi connectivity index (χ0n) is 14.2. The van der Waals surface area contributed by atoms with E-state index in [0.717, 1.165) is 44.9 Å². The van der Waals surface area contributed by atoms with Crippen LogP contribution in [0.2, 0.25) is 0 Å². The third-order valence-corrected chi connectivity index (χ3v) is 3.06. The number of guanidine groups is 1. The summed E-state index contributed by atoms with van der Waals surface area (Å²) in [5, 5.41) is 9.18. The molecule has 1 aliphatic heterocycles. The second-order valence-electron chi connectivity index (χ2n) is 6.30. The molecular formula is C15H30N4O3. The molecule has 1 heterocycles. The minimum atomic E-state index is -0.462. The van der Waals surface area contributed by atoms with Crippen LogP contribution in [0.4, 0.5) is 4.79 Å². The molecule has 1 fully saturated rings. The third-order valence-electron chi connectivity index (χ3n) is 3.06. The van der Waals surface area contributed by atoms with Crippen LogP contribution in [-0.4, -0.2) is 57.0 Å². The number of aliphatic imine (C=N–C) groups is 1. The lowest BCUT2D eigenvalue weighted by Crippen LogP contribution is -2.42. The fourth-order valence-electron chi connectivity index (χ4n) is 2.04. The maximum Gasteiger partial charge on any atom is 0.407 e. The first-order valence-electron chi connectivity index (χ1n) is 7.93. The smallest absolute Gasteiger partial charge is 0.407 e. The van der Waals surface area contributed by atoms with E-state index in [0.29, 0.717) is 6.54 Å². The van der Waals surface area contributed by atoms with Crippen LogP contribution in [0.25, 0.3) is 0 Å². The van der Waals surface area contributed by atoms with Gasteiger partial charge in [0.15, 0.2) is 5.96 Å². The van der Waals surface area contributed by atoms with Crippen molar-refractivity contribution in [3.05, 3.63) is 0 Å². The standard InChI is InChI=1S/C15H30N4O3/c1-15(2,3)22-14(20)18-9-6-8-17-13(16-4)19-11-12-7-5-10-21-12/h12H,5-11H2,1-4H3,(H,18,20)(H2,16,17,19). The van der Waals surface area contributed by atoms with Gasteiger partial charge in [-0.2, -0.15) is 0 Å². The van der Waals surface area contributed by atoms with Gasteiger partial charge in [-0.15, -0.1) is 0 Å². The summed E-state index contributed by atoms with van der Waals surface area (Å²) in [5.41, 5.74) is -0.462. The number of hydrogen-bond donors (Lipinski definition) is 3. The molecule has 0 aromatic rings. The summed E-state index contributed by atoms with van der Waals surface area (Å²) in [6, 6.07) is 0. The molecule has 1 rings (SSSR count). The fraction of sp³-hybridized carbons (Fsp3) is 0.867. The van der Waals surface area contributed by atoms with Crippen LogP contribution in [0.5, 0.6) is 0 Å². The number of nitrogens with one attached hydrogen (secondary N) is 3. The molecule has 0 radical (unpaired) electrons. The largest absolute Gasteiger partial charge is 0.444 e. The summed E-state index contributed by atoms with van der Waals surface area (Å²) in [4.78, 5) is 15.6. The molecule has 1 aliphatic rings. The van der Waals surface area contributed by atoms with Crippen molar-refractivity contribution in [2.45, 2.75) is 51.7 Å². The van der Waals surface area contributed by atoms with Crippen molar-refractivity contribution >= 4 is 12.1 Å². The zero-order chi connectivity index (χ0) is 16.4. The van der Waals surface area contributed by atoms with E-state index in [2.05, 4.69) is 20.9 Å². The van der Waals surface area contributed by atoms with E-state index in [4.69, 9.17) is 9.47 Å². The Morgan fingerprint density at radius 2 is 2.00 bits per heavy atom. The van der Waals surface area contributed by atoms with Gasteiger partial charge in [0.05, 0.1) is 6.10 Å². The highest BCUT2D eigenvalue weighted by Gasteiger charge is 2.16. The lowest BCUT2D eigenvalue weighted by Gasteiger charge is -2.19. The molecule has 0 aliphatic carbocycles. The number of carbonyl (C=O) groups excluding carboxylic acids is 1. The maximum atomic E-state index is 11.5. The summed E-state index contributed by atoms with van der Waals surface area (Å²) in [7, 11) is 1.74. The minimum Gasteiger partial charge on any atom is -0.444 e. The van der Waals surface area contributed by atoms with Crippen LogP contribution in [0, 0.1) is 0 Å². The summed E-state index contributed by atoms with van der Waals surface area (Å²) in [5.74, 6) is 0.757. The molecule has 128 valence electrons. The van der Waals surface area contributed by atoms with Crippen LogP contribution in [-0.2, 0) is 9.47 Å². The Labute approximate surface area is 133 Å². The Hall–Kier alpha value is -1.50. The Morgan fingerprint density at radius 1 is 1.27 bits per heavy atom. The zero-order valence-corrected chi connectivity index (χ0v) is 14.2.